The van der Waals surface area contributed by atoms with Gasteiger partial charge in [-0.1, -0.05) is 0 Å². The van der Waals surface area contributed by atoms with Gasteiger partial charge >= 0.3 is 12.5 Å². The second-order valence-electron chi connectivity index (χ2n) is 2.90. The number of pyridine rings is 1. The lowest BCUT2D eigenvalue weighted by Crippen LogP contribution is -2.21. The van der Waals surface area contributed by atoms with Crippen LogP contribution in [0.15, 0.2) is 6.20 Å². The lowest BCUT2D eigenvalue weighted by atomic mass is 10.2. The van der Waals surface area contributed by atoms with Crippen LogP contribution in [0.4, 0.5) is 26.3 Å². The molecule has 0 saturated heterocycles. The Morgan fingerprint density at radius 1 is 1.17 bits per heavy atom. The van der Waals surface area contributed by atoms with Gasteiger partial charge in [-0.15, -0.1) is 13.2 Å². The van der Waals surface area contributed by atoms with Crippen LogP contribution >= 0.6 is 0 Å². The molecule has 0 amide bonds. The Labute approximate surface area is 95.8 Å². The molecule has 0 fully saturated rings. The maximum atomic E-state index is 12.5. The molecule has 0 aliphatic rings. The van der Waals surface area contributed by atoms with E-state index in [0.29, 0.717) is 6.20 Å². The average molecular weight is 277 g/mol. The predicted octanol–water partition coefficient (Wildman–Crippen LogP) is 2.71. The van der Waals surface area contributed by atoms with E-state index in [0.717, 1.165) is 7.11 Å². The lowest BCUT2D eigenvalue weighted by Gasteiger charge is -2.17. The number of halogens is 6. The summed E-state index contributed by atoms with van der Waals surface area (Å²) in [6.07, 6.45) is -10.3. The number of nitrogens with zero attached hydrogens (tertiary/aromatic N) is 1. The Morgan fingerprint density at radius 2 is 1.72 bits per heavy atom. The molecule has 18 heavy (non-hydrogen) atoms. The topological polar surface area (TPSA) is 51.6 Å². The van der Waals surface area contributed by atoms with E-state index in [4.69, 9.17) is 5.11 Å². The van der Waals surface area contributed by atoms with Gasteiger partial charge in [0.2, 0.25) is 5.75 Å². The average Bonchev–Trinajstić information content (AvgIpc) is 2.13. The summed E-state index contributed by atoms with van der Waals surface area (Å²) in [5, 5.41) is 8.96. The summed E-state index contributed by atoms with van der Waals surface area (Å²) < 4.78 is 81.0. The second kappa shape index (κ2) is 4.42. The molecule has 0 bridgehead atoms. The van der Waals surface area contributed by atoms with E-state index in [1.807, 2.05) is 0 Å². The molecule has 102 valence electrons. The van der Waals surface area contributed by atoms with Gasteiger partial charge in [0.1, 0.15) is 11.3 Å². The minimum absolute atomic E-state index is 0.310. The zero-order chi connectivity index (χ0) is 14.1. The Kier molecular flexibility index (Phi) is 3.49. The van der Waals surface area contributed by atoms with Gasteiger partial charge in [-0.25, -0.2) is 4.98 Å². The number of alkyl halides is 6. The van der Waals surface area contributed by atoms with Crippen molar-refractivity contribution in [2.45, 2.75) is 12.5 Å². The summed E-state index contributed by atoms with van der Waals surface area (Å²) in [4.78, 5) is 3.06. The third kappa shape index (κ3) is 3.08. The van der Waals surface area contributed by atoms with Crippen molar-refractivity contribution in [2.24, 2.45) is 0 Å². The van der Waals surface area contributed by atoms with Crippen LogP contribution in [0.1, 0.15) is 5.56 Å². The molecule has 1 heterocycles. The van der Waals surface area contributed by atoms with Gasteiger partial charge in [-0.3, -0.25) is 0 Å². The molecule has 0 aliphatic heterocycles. The number of aromatic hydroxyl groups is 1. The minimum Gasteiger partial charge on any atom is -0.506 e. The number of hydrogen-bond donors (Lipinski definition) is 1. The molecule has 0 aliphatic carbocycles. The highest BCUT2D eigenvalue weighted by Crippen LogP contribution is 2.46. The minimum atomic E-state index is -5.39. The van der Waals surface area contributed by atoms with Gasteiger partial charge in [-0.05, 0) is 0 Å². The molecule has 1 rings (SSSR count). The van der Waals surface area contributed by atoms with Crippen LogP contribution in [0.5, 0.6) is 17.4 Å². The number of ether oxygens (including phenoxy) is 2. The summed E-state index contributed by atoms with van der Waals surface area (Å²) in [5.74, 6) is -4.28. The van der Waals surface area contributed by atoms with E-state index >= 15 is 0 Å². The maximum absolute atomic E-state index is 12.5. The SMILES string of the molecule is COc1ncc(O)c(C(F)(F)F)c1OC(F)(F)F. The first-order valence-corrected chi connectivity index (χ1v) is 4.15. The summed E-state index contributed by atoms with van der Waals surface area (Å²) >= 11 is 0. The first-order valence-electron chi connectivity index (χ1n) is 4.15. The Hall–Kier alpha value is -1.87. The van der Waals surface area contributed by atoms with Crippen LogP contribution in [0.3, 0.4) is 0 Å². The van der Waals surface area contributed by atoms with E-state index in [-0.39, 0.29) is 0 Å². The zero-order valence-corrected chi connectivity index (χ0v) is 8.56. The Bertz CT molecular complexity index is 442. The van der Waals surface area contributed by atoms with Gasteiger partial charge in [0.05, 0.1) is 13.3 Å². The molecule has 1 aromatic heterocycles. The van der Waals surface area contributed by atoms with Crippen LogP contribution in [-0.2, 0) is 6.18 Å². The first-order chi connectivity index (χ1) is 8.06. The largest absolute Gasteiger partial charge is 0.573 e. The van der Waals surface area contributed by atoms with Crippen molar-refractivity contribution < 1.29 is 40.9 Å². The molecule has 10 heteroatoms. The number of hydrogen-bond acceptors (Lipinski definition) is 4. The van der Waals surface area contributed by atoms with E-state index in [2.05, 4.69) is 14.5 Å². The fraction of sp³-hybridized carbons (Fsp3) is 0.375. The normalized spacial score (nSPS) is 12.4. The van der Waals surface area contributed by atoms with Crippen molar-refractivity contribution in [1.82, 2.24) is 4.98 Å². The summed E-state index contributed by atoms with van der Waals surface area (Å²) in [5.41, 5.74) is -2.01. The highest BCUT2D eigenvalue weighted by Gasteiger charge is 2.44. The van der Waals surface area contributed by atoms with Crippen molar-refractivity contribution in [2.75, 3.05) is 7.11 Å². The van der Waals surface area contributed by atoms with Crippen molar-refractivity contribution in [3.8, 4) is 17.4 Å². The summed E-state index contributed by atoms with van der Waals surface area (Å²) in [7, 11) is 0.808. The number of aromatic nitrogens is 1. The van der Waals surface area contributed by atoms with Gasteiger partial charge in [0.25, 0.3) is 5.88 Å². The van der Waals surface area contributed by atoms with Gasteiger partial charge in [-0.2, -0.15) is 13.2 Å². The molecular formula is C8H5F6NO3. The molecule has 0 radical (unpaired) electrons. The monoisotopic (exact) mass is 277 g/mol. The highest BCUT2D eigenvalue weighted by molar-refractivity contribution is 5.50. The lowest BCUT2D eigenvalue weighted by molar-refractivity contribution is -0.276. The van der Waals surface area contributed by atoms with Gasteiger partial charge < -0.3 is 14.6 Å². The fourth-order valence-electron chi connectivity index (χ4n) is 1.10. The molecule has 0 atom stereocenters. The summed E-state index contributed by atoms with van der Waals surface area (Å²) in [6, 6.07) is 0. The van der Waals surface area contributed by atoms with Gasteiger partial charge in [0.15, 0.2) is 0 Å². The van der Waals surface area contributed by atoms with Crippen LogP contribution in [-0.4, -0.2) is 23.6 Å². The third-order valence-electron chi connectivity index (χ3n) is 1.68. The van der Waals surface area contributed by atoms with Crippen molar-refractivity contribution in [1.29, 1.82) is 0 Å². The Balaban J connectivity index is 3.47. The summed E-state index contributed by atoms with van der Waals surface area (Å²) in [6.45, 7) is 0. The van der Waals surface area contributed by atoms with Crippen molar-refractivity contribution in [3.63, 3.8) is 0 Å². The molecule has 0 saturated carbocycles. The molecule has 0 aromatic carbocycles. The molecule has 4 nitrogen and oxygen atoms in total. The van der Waals surface area contributed by atoms with E-state index in [1.165, 1.54) is 0 Å². The standard InChI is InChI=1S/C8H5F6NO3/c1-17-6-5(18-8(12,13)14)4(7(9,10)11)3(16)2-15-6/h2,16H,1H3. The molecule has 1 aromatic rings. The first kappa shape index (κ1) is 14.2. The van der Waals surface area contributed by atoms with Crippen molar-refractivity contribution in [3.05, 3.63) is 11.8 Å². The molecule has 0 spiro atoms. The van der Waals surface area contributed by atoms with Crippen LogP contribution in [0.2, 0.25) is 0 Å². The molecule has 0 unspecified atom stereocenters. The Morgan fingerprint density at radius 3 is 2.11 bits per heavy atom. The fourth-order valence-corrected chi connectivity index (χ4v) is 1.10. The zero-order valence-electron chi connectivity index (χ0n) is 8.56. The smallest absolute Gasteiger partial charge is 0.506 e. The van der Waals surface area contributed by atoms with E-state index in [9.17, 15) is 26.3 Å². The molecule has 1 N–H and O–H groups in total. The van der Waals surface area contributed by atoms with E-state index < -0.39 is 35.5 Å². The van der Waals surface area contributed by atoms with Crippen LogP contribution in [0, 0.1) is 0 Å². The maximum Gasteiger partial charge on any atom is 0.573 e. The second-order valence-corrected chi connectivity index (χ2v) is 2.90. The number of methoxy groups -OCH3 is 1. The van der Waals surface area contributed by atoms with Crippen LogP contribution < -0.4 is 9.47 Å². The van der Waals surface area contributed by atoms with Crippen molar-refractivity contribution >= 4 is 0 Å². The number of rotatable bonds is 2. The predicted molar refractivity (Wildman–Crippen MR) is 44.1 cm³/mol. The van der Waals surface area contributed by atoms with E-state index in [1.54, 1.807) is 0 Å². The van der Waals surface area contributed by atoms with Crippen LogP contribution in [0.25, 0.3) is 0 Å². The third-order valence-corrected chi connectivity index (χ3v) is 1.68. The highest BCUT2D eigenvalue weighted by atomic mass is 19.4. The van der Waals surface area contributed by atoms with Gasteiger partial charge in [0, 0.05) is 0 Å². The molecular weight excluding hydrogens is 272 g/mol. The quantitative estimate of drug-likeness (QED) is 0.844.